The summed E-state index contributed by atoms with van der Waals surface area (Å²) in [7, 11) is 0. The fourth-order valence-electron chi connectivity index (χ4n) is 3.63. The molecule has 0 spiro atoms. The van der Waals surface area contributed by atoms with Gasteiger partial charge in [0.25, 0.3) is 5.91 Å². The van der Waals surface area contributed by atoms with Crippen LogP contribution in [0.15, 0.2) is 23.4 Å². The molecule has 3 heterocycles. The number of hydrogen-bond acceptors (Lipinski definition) is 6. The van der Waals surface area contributed by atoms with E-state index >= 15 is 0 Å². The molecule has 9 heteroatoms. The number of aliphatic hydroxyl groups is 1. The third-order valence-electron chi connectivity index (χ3n) is 5.09. The number of thioether (sulfide) groups is 1. The van der Waals surface area contributed by atoms with E-state index in [1.54, 1.807) is 0 Å². The number of piperidine rings is 1. The maximum absolute atomic E-state index is 13.9. The summed E-state index contributed by atoms with van der Waals surface area (Å²) in [5.74, 6) is -1.45. The van der Waals surface area contributed by atoms with Crippen LogP contribution >= 0.6 is 11.8 Å². The van der Waals surface area contributed by atoms with Gasteiger partial charge in [0.2, 0.25) is 0 Å². The minimum atomic E-state index is -0.936. The van der Waals surface area contributed by atoms with Gasteiger partial charge in [0, 0.05) is 19.5 Å². The Morgan fingerprint density at radius 3 is 2.67 bits per heavy atom. The molecule has 0 saturated carbocycles. The number of benzene rings is 1. The lowest BCUT2D eigenvalue weighted by Gasteiger charge is -2.38. The van der Waals surface area contributed by atoms with Crippen molar-refractivity contribution >= 4 is 17.7 Å². The number of aliphatic hydroxyl groups excluding tert-OH is 1. The van der Waals surface area contributed by atoms with Crippen molar-refractivity contribution in [3.63, 3.8) is 0 Å². The standard InChI is InChI=1S/C18H20F2N4O2S/c1-2-14-21-18-24(22-14)17(26)16(27-18)15(23-7-5-11(25)6-8-23)10-3-4-12(19)13(20)9-10/h3-4,9,11,15-16,25H,2,5-8H2,1H3. The number of likely N-dealkylation sites (tertiary alicyclic amines) is 1. The summed E-state index contributed by atoms with van der Waals surface area (Å²) in [6, 6.07) is 3.32. The van der Waals surface area contributed by atoms with Crippen molar-refractivity contribution in [2.24, 2.45) is 0 Å². The zero-order valence-corrected chi connectivity index (χ0v) is 15.6. The van der Waals surface area contributed by atoms with Gasteiger partial charge in [0.15, 0.2) is 22.6 Å². The van der Waals surface area contributed by atoms with Gasteiger partial charge in [-0.2, -0.15) is 4.68 Å². The molecule has 27 heavy (non-hydrogen) atoms. The second-order valence-electron chi connectivity index (χ2n) is 6.84. The highest BCUT2D eigenvalue weighted by Gasteiger charge is 2.43. The molecule has 144 valence electrons. The summed E-state index contributed by atoms with van der Waals surface area (Å²) < 4.78 is 28.7. The van der Waals surface area contributed by atoms with E-state index in [1.165, 1.54) is 22.5 Å². The van der Waals surface area contributed by atoms with E-state index in [0.717, 1.165) is 12.1 Å². The first kappa shape index (κ1) is 18.5. The molecule has 1 aromatic carbocycles. The molecule has 2 aromatic rings. The Balaban J connectivity index is 1.68. The Labute approximate surface area is 159 Å². The summed E-state index contributed by atoms with van der Waals surface area (Å²) in [5, 5.41) is 14.0. The van der Waals surface area contributed by atoms with Crippen LogP contribution in [0.2, 0.25) is 0 Å². The Bertz CT molecular complexity index is 867. The predicted octanol–water partition coefficient (Wildman–Crippen LogP) is 2.43. The minimum Gasteiger partial charge on any atom is -0.393 e. The van der Waals surface area contributed by atoms with Gasteiger partial charge in [0.05, 0.1) is 12.1 Å². The van der Waals surface area contributed by atoms with Gasteiger partial charge >= 0.3 is 0 Å². The van der Waals surface area contributed by atoms with E-state index in [-0.39, 0.29) is 12.0 Å². The zero-order valence-electron chi connectivity index (χ0n) is 14.8. The number of aromatic nitrogens is 3. The molecule has 2 unspecified atom stereocenters. The molecule has 1 saturated heterocycles. The minimum absolute atomic E-state index is 0.206. The van der Waals surface area contributed by atoms with Gasteiger partial charge in [0.1, 0.15) is 5.25 Å². The summed E-state index contributed by atoms with van der Waals surface area (Å²) in [6.07, 6.45) is 1.42. The monoisotopic (exact) mass is 394 g/mol. The first-order valence-corrected chi connectivity index (χ1v) is 9.89. The van der Waals surface area contributed by atoms with Gasteiger partial charge < -0.3 is 5.11 Å². The van der Waals surface area contributed by atoms with E-state index in [2.05, 4.69) is 15.0 Å². The normalized spacial score (nSPS) is 22.2. The number of hydrogen-bond donors (Lipinski definition) is 1. The van der Waals surface area contributed by atoms with Crippen LogP contribution in [-0.4, -0.2) is 55.1 Å². The quantitative estimate of drug-likeness (QED) is 0.859. The number of nitrogens with zero attached hydrogens (tertiary/aromatic N) is 4. The topological polar surface area (TPSA) is 71.2 Å². The van der Waals surface area contributed by atoms with Crippen molar-refractivity contribution in [1.29, 1.82) is 0 Å². The van der Waals surface area contributed by atoms with Crippen LogP contribution in [0.4, 0.5) is 8.78 Å². The number of carbonyl (C=O) groups excluding carboxylic acids is 1. The molecule has 2 aliphatic rings. The van der Waals surface area contributed by atoms with Gasteiger partial charge in [-0.05, 0) is 30.5 Å². The molecule has 1 fully saturated rings. The molecule has 1 N–H and O–H groups in total. The lowest BCUT2D eigenvalue weighted by Crippen LogP contribution is -2.44. The van der Waals surface area contributed by atoms with Crippen molar-refractivity contribution in [1.82, 2.24) is 19.7 Å². The number of carbonyl (C=O) groups is 1. The molecule has 0 radical (unpaired) electrons. The van der Waals surface area contributed by atoms with Crippen LogP contribution in [0.1, 0.15) is 42.0 Å². The van der Waals surface area contributed by atoms with Gasteiger partial charge in [-0.3, -0.25) is 9.69 Å². The van der Waals surface area contributed by atoms with Crippen molar-refractivity contribution < 1.29 is 18.7 Å². The summed E-state index contributed by atoms with van der Waals surface area (Å²) in [5.41, 5.74) is 0.539. The third kappa shape index (κ3) is 3.39. The first-order valence-electron chi connectivity index (χ1n) is 9.01. The van der Waals surface area contributed by atoms with Gasteiger partial charge in [-0.15, -0.1) is 5.10 Å². The average Bonchev–Trinajstić information content (AvgIpc) is 3.19. The van der Waals surface area contributed by atoms with Crippen LogP contribution < -0.4 is 0 Å². The van der Waals surface area contributed by atoms with Crippen LogP contribution in [0.3, 0.4) is 0 Å². The Kier molecular flexibility index (Phi) is 5.00. The van der Waals surface area contributed by atoms with E-state index in [4.69, 9.17) is 0 Å². The number of rotatable bonds is 4. The first-order chi connectivity index (χ1) is 13.0. The van der Waals surface area contributed by atoms with Crippen LogP contribution in [0.25, 0.3) is 0 Å². The SMILES string of the molecule is CCc1nc2n(n1)C(=O)C(C(c1ccc(F)c(F)c1)N1CCC(O)CC1)S2. The van der Waals surface area contributed by atoms with Crippen molar-refractivity contribution in [3.05, 3.63) is 41.2 Å². The predicted molar refractivity (Wildman–Crippen MR) is 95.6 cm³/mol. The molecular formula is C18H20F2N4O2S. The van der Waals surface area contributed by atoms with Crippen LogP contribution in [-0.2, 0) is 6.42 Å². The summed E-state index contributed by atoms with van der Waals surface area (Å²) in [6.45, 7) is 3.07. The Hall–Kier alpha value is -1.84. The molecular weight excluding hydrogens is 374 g/mol. The maximum atomic E-state index is 13.9. The Morgan fingerprint density at radius 2 is 2.04 bits per heavy atom. The zero-order chi connectivity index (χ0) is 19.1. The second kappa shape index (κ2) is 7.29. The molecule has 0 bridgehead atoms. The van der Waals surface area contributed by atoms with E-state index in [1.807, 2.05) is 6.92 Å². The lowest BCUT2D eigenvalue weighted by atomic mass is 9.97. The largest absolute Gasteiger partial charge is 0.393 e. The summed E-state index contributed by atoms with van der Waals surface area (Å²) in [4.78, 5) is 19.4. The lowest BCUT2D eigenvalue weighted by molar-refractivity contribution is 0.0550. The summed E-state index contributed by atoms with van der Waals surface area (Å²) >= 11 is 1.31. The van der Waals surface area contributed by atoms with Crippen LogP contribution in [0, 0.1) is 11.6 Å². The van der Waals surface area contributed by atoms with E-state index in [0.29, 0.717) is 48.9 Å². The van der Waals surface area contributed by atoms with Crippen molar-refractivity contribution in [3.8, 4) is 0 Å². The molecule has 1 aromatic heterocycles. The van der Waals surface area contributed by atoms with Gasteiger partial charge in [-0.1, -0.05) is 24.8 Å². The van der Waals surface area contributed by atoms with E-state index in [9.17, 15) is 18.7 Å². The Morgan fingerprint density at radius 1 is 1.30 bits per heavy atom. The smallest absolute Gasteiger partial charge is 0.264 e. The molecule has 0 amide bonds. The highest BCUT2D eigenvalue weighted by Crippen LogP contribution is 2.42. The fraction of sp³-hybridized carbons (Fsp3) is 0.500. The van der Waals surface area contributed by atoms with Gasteiger partial charge in [-0.25, -0.2) is 13.8 Å². The highest BCUT2D eigenvalue weighted by atomic mass is 32.2. The molecule has 2 aliphatic heterocycles. The second-order valence-corrected chi connectivity index (χ2v) is 7.95. The highest BCUT2D eigenvalue weighted by molar-refractivity contribution is 8.00. The molecule has 2 atom stereocenters. The van der Waals surface area contributed by atoms with E-state index < -0.39 is 22.9 Å². The number of aryl methyl sites for hydroxylation is 1. The van der Waals surface area contributed by atoms with Crippen molar-refractivity contribution in [2.75, 3.05) is 13.1 Å². The van der Waals surface area contributed by atoms with Crippen molar-refractivity contribution in [2.45, 2.75) is 48.7 Å². The fourth-order valence-corrected chi connectivity index (χ4v) is 4.90. The molecule has 0 aliphatic carbocycles. The third-order valence-corrected chi connectivity index (χ3v) is 6.27. The number of fused-ring (bicyclic) bond motifs is 1. The molecule has 4 rings (SSSR count). The number of halogens is 2. The van der Waals surface area contributed by atoms with Crippen LogP contribution in [0.5, 0.6) is 0 Å². The molecule has 6 nitrogen and oxygen atoms in total. The maximum Gasteiger partial charge on any atom is 0.264 e. The average molecular weight is 394 g/mol.